The Balaban J connectivity index is 2.86. The van der Waals surface area contributed by atoms with Gasteiger partial charge in [-0.3, -0.25) is 4.79 Å². The van der Waals surface area contributed by atoms with Crippen LogP contribution in [0.1, 0.15) is 6.92 Å². The summed E-state index contributed by atoms with van der Waals surface area (Å²) in [7, 11) is 1.87. The SMILES string of the molecule is CNCCOCCOCC(C)=O. The number of hydrogen-bond acceptors (Lipinski definition) is 4. The van der Waals surface area contributed by atoms with E-state index in [2.05, 4.69) is 5.32 Å². The maximum atomic E-state index is 10.4. The van der Waals surface area contributed by atoms with E-state index in [1.165, 1.54) is 6.92 Å². The third kappa shape index (κ3) is 9.55. The summed E-state index contributed by atoms with van der Waals surface area (Å²) in [5, 5.41) is 2.96. The van der Waals surface area contributed by atoms with Gasteiger partial charge >= 0.3 is 0 Å². The number of rotatable bonds is 8. The number of hydrogen-bond donors (Lipinski definition) is 1. The first-order chi connectivity index (χ1) is 5.77. The maximum absolute atomic E-state index is 10.4. The predicted molar refractivity (Wildman–Crippen MR) is 46.2 cm³/mol. The minimum absolute atomic E-state index is 0.0465. The molecule has 72 valence electrons. The zero-order valence-corrected chi connectivity index (χ0v) is 7.76. The summed E-state index contributed by atoms with van der Waals surface area (Å²) >= 11 is 0. The molecule has 4 nitrogen and oxygen atoms in total. The van der Waals surface area contributed by atoms with E-state index < -0.39 is 0 Å². The molecular weight excluding hydrogens is 158 g/mol. The summed E-state index contributed by atoms with van der Waals surface area (Å²) in [5.41, 5.74) is 0. The molecule has 0 saturated carbocycles. The first-order valence-electron chi connectivity index (χ1n) is 4.07. The van der Waals surface area contributed by atoms with E-state index in [0.717, 1.165) is 6.54 Å². The summed E-state index contributed by atoms with van der Waals surface area (Å²) in [5.74, 6) is 0.0465. The third-order valence-electron chi connectivity index (χ3n) is 1.17. The molecule has 4 heteroatoms. The van der Waals surface area contributed by atoms with Crippen LogP contribution in [0, 0.1) is 0 Å². The van der Waals surface area contributed by atoms with E-state index >= 15 is 0 Å². The number of carbonyl (C=O) groups is 1. The van der Waals surface area contributed by atoms with Gasteiger partial charge in [0.2, 0.25) is 0 Å². The minimum Gasteiger partial charge on any atom is -0.378 e. The lowest BCUT2D eigenvalue weighted by molar-refractivity contribution is -0.121. The van der Waals surface area contributed by atoms with Crippen LogP contribution in [-0.4, -0.2) is 45.8 Å². The van der Waals surface area contributed by atoms with Gasteiger partial charge in [0, 0.05) is 6.54 Å². The lowest BCUT2D eigenvalue weighted by atomic mass is 10.5. The Morgan fingerprint density at radius 2 is 1.92 bits per heavy atom. The van der Waals surface area contributed by atoms with E-state index in [0.29, 0.717) is 19.8 Å². The van der Waals surface area contributed by atoms with Gasteiger partial charge < -0.3 is 14.8 Å². The molecule has 0 fully saturated rings. The Labute approximate surface area is 73.2 Å². The summed E-state index contributed by atoms with van der Waals surface area (Å²) in [4.78, 5) is 10.4. The van der Waals surface area contributed by atoms with E-state index in [1.54, 1.807) is 0 Å². The second-order valence-corrected chi connectivity index (χ2v) is 2.47. The van der Waals surface area contributed by atoms with Gasteiger partial charge in [-0.05, 0) is 14.0 Å². The van der Waals surface area contributed by atoms with Crippen molar-refractivity contribution in [2.24, 2.45) is 0 Å². The molecule has 0 unspecified atom stereocenters. The van der Waals surface area contributed by atoms with Crippen LogP contribution in [0.25, 0.3) is 0 Å². The Bertz CT molecular complexity index is 117. The van der Waals surface area contributed by atoms with Crippen molar-refractivity contribution in [2.75, 3.05) is 40.0 Å². The second-order valence-electron chi connectivity index (χ2n) is 2.47. The van der Waals surface area contributed by atoms with Gasteiger partial charge in [0.15, 0.2) is 5.78 Å². The predicted octanol–water partition coefficient (Wildman–Crippen LogP) is -0.172. The van der Waals surface area contributed by atoms with Crippen LogP contribution < -0.4 is 5.32 Å². The van der Waals surface area contributed by atoms with Crippen LogP contribution in [0.15, 0.2) is 0 Å². The van der Waals surface area contributed by atoms with Gasteiger partial charge in [-0.2, -0.15) is 0 Å². The average Bonchev–Trinajstić information content (AvgIpc) is 2.02. The standard InChI is InChI=1S/C8H17NO3/c1-8(10)7-12-6-5-11-4-3-9-2/h9H,3-7H2,1-2H3. The van der Waals surface area contributed by atoms with E-state index in [1.807, 2.05) is 7.05 Å². The molecule has 0 aromatic heterocycles. The van der Waals surface area contributed by atoms with Crippen LogP contribution in [0.5, 0.6) is 0 Å². The molecule has 0 atom stereocenters. The molecule has 12 heavy (non-hydrogen) atoms. The highest BCUT2D eigenvalue weighted by Gasteiger charge is 1.92. The molecule has 0 aromatic rings. The van der Waals surface area contributed by atoms with Gasteiger partial charge in [0.25, 0.3) is 0 Å². The quantitative estimate of drug-likeness (QED) is 0.520. The van der Waals surface area contributed by atoms with Crippen molar-refractivity contribution in [2.45, 2.75) is 6.92 Å². The zero-order chi connectivity index (χ0) is 9.23. The number of ether oxygens (including phenoxy) is 2. The minimum atomic E-state index is 0.0465. The highest BCUT2D eigenvalue weighted by Crippen LogP contribution is 1.78. The van der Waals surface area contributed by atoms with Crippen LogP contribution >= 0.6 is 0 Å². The summed E-state index contributed by atoms with van der Waals surface area (Å²) in [6.07, 6.45) is 0. The van der Waals surface area contributed by atoms with Crippen LogP contribution in [-0.2, 0) is 14.3 Å². The monoisotopic (exact) mass is 175 g/mol. The molecule has 0 aliphatic carbocycles. The fraction of sp³-hybridized carbons (Fsp3) is 0.875. The number of carbonyl (C=O) groups excluding carboxylic acids is 1. The van der Waals surface area contributed by atoms with Crippen LogP contribution in [0.3, 0.4) is 0 Å². The van der Waals surface area contributed by atoms with Crippen molar-refractivity contribution < 1.29 is 14.3 Å². The molecule has 0 bridgehead atoms. The van der Waals surface area contributed by atoms with Crippen molar-refractivity contribution in [3.05, 3.63) is 0 Å². The number of Topliss-reactive ketones (excluding diaryl/α,β-unsaturated/α-hetero) is 1. The molecule has 0 radical (unpaired) electrons. The average molecular weight is 175 g/mol. The Morgan fingerprint density at radius 3 is 2.50 bits per heavy atom. The Hall–Kier alpha value is -0.450. The summed E-state index contributed by atoms with van der Waals surface area (Å²) in [6.45, 7) is 4.25. The molecule has 0 spiro atoms. The fourth-order valence-corrected chi connectivity index (χ4v) is 0.610. The van der Waals surface area contributed by atoms with Crippen molar-refractivity contribution >= 4 is 5.78 Å². The second kappa shape index (κ2) is 8.64. The highest BCUT2D eigenvalue weighted by molar-refractivity contribution is 5.76. The lowest BCUT2D eigenvalue weighted by Crippen LogP contribution is -2.16. The van der Waals surface area contributed by atoms with Gasteiger partial charge in [0.1, 0.15) is 6.61 Å². The molecule has 0 aromatic carbocycles. The van der Waals surface area contributed by atoms with E-state index in [9.17, 15) is 4.79 Å². The van der Waals surface area contributed by atoms with Crippen molar-refractivity contribution in [3.8, 4) is 0 Å². The number of likely N-dealkylation sites (N-methyl/N-ethyl adjacent to an activating group) is 1. The zero-order valence-electron chi connectivity index (χ0n) is 7.76. The molecule has 0 rings (SSSR count). The first-order valence-corrected chi connectivity index (χ1v) is 4.07. The highest BCUT2D eigenvalue weighted by atomic mass is 16.5. The molecule has 0 heterocycles. The number of nitrogens with one attached hydrogen (secondary N) is 1. The van der Waals surface area contributed by atoms with E-state index in [-0.39, 0.29) is 12.4 Å². The van der Waals surface area contributed by atoms with Crippen molar-refractivity contribution in [1.82, 2.24) is 5.32 Å². The normalized spacial score (nSPS) is 10.2. The van der Waals surface area contributed by atoms with Gasteiger partial charge in [-0.15, -0.1) is 0 Å². The third-order valence-corrected chi connectivity index (χ3v) is 1.17. The van der Waals surface area contributed by atoms with Crippen LogP contribution in [0.4, 0.5) is 0 Å². The smallest absolute Gasteiger partial charge is 0.155 e. The molecule has 0 saturated heterocycles. The topological polar surface area (TPSA) is 47.6 Å². The van der Waals surface area contributed by atoms with Crippen molar-refractivity contribution in [3.63, 3.8) is 0 Å². The lowest BCUT2D eigenvalue weighted by Gasteiger charge is -2.03. The maximum Gasteiger partial charge on any atom is 0.155 e. The largest absolute Gasteiger partial charge is 0.378 e. The fourth-order valence-electron chi connectivity index (χ4n) is 0.610. The molecule has 1 N–H and O–H groups in total. The summed E-state index contributed by atoms with van der Waals surface area (Å²) in [6, 6.07) is 0. The Morgan fingerprint density at radius 1 is 1.25 bits per heavy atom. The summed E-state index contributed by atoms with van der Waals surface area (Å²) < 4.78 is 10.1. The van der Waals surface area contributed by atoms with Gasteiger partial charge in [-0.1, -0.05) is 0 Å². The van der Waals surface area contributed by atoms with Gasteiger partial charge in [0.05, 0.1) is 19.8 Å². The van der Waals surface area contributed by atoms with Gasteiger partial charge in [-0.25, -0.2) is 0 Å². The Kier molecular flexibility index (Phi) is 8.32. The molecule has 0 aliphatic rings. The molecular formula is C8H17NO3. The molecule has 0 aliphatic heterocycles. The van der Waals surface area contributed by atoms with Crippen molar-refractivity contribution in [1.29, 1.82) is 0 Å². The van der Waals surface area contributed by atoms with Crippen LogP contribution in [0.2, 0.25) is 0 Å². The first kappa shape index (κ1) is 11.6. The molecule has 0 amide bonds. The van der Waals surface area contributed by atoms with E-state index in [4.69, 9.17) is 9.47 Å². The number of ketones is 1.